The first-order valence-corrected chi connectivity index (χ1v) is 6.54. The number of likely N-dealkylation sites (tertiary alicyclic amines) is 1. The van der Waals surface area contributed by atoms with Crippen molar-refractivity contribution in [3.05, 3.63) is 29.6 Å². The van der Waals surface area contributed by atoms with Crippen LogP contribution >= 0.6 is 0 Å². The van der Waals surface area contributed by atoms with Crippen LogP contribution in [0.15, 0.2) is 18.2 Å². The van der Waals surface area contributed by atoms with E-state index in [1.54, 1.807) is 18.0 Å². The standard InChI is InChI=1S/C14H19FN2O2/c1-16-9-11-8-12(15)4-5-13(11)19-10-14(18)17-6-2-3-7-17/h4-5,8,16H,2-3,6-7,9-10H2,1H3. The molecule has 1 aliphatic rings. The van der Waals surface area contributed by atoms with Crippen LogP contribution in [0.1, 0.15) is 18.4 Å². The molecule has 1 N–H and O–H groups in total. The first kappa shape index (κ1) is 13.8. The van der Waals surface area contributed by atoms with Crippen molar-refractivity contribution in [3.63, 3.8) is 0 Å². The van der Waals surface area contributed by atoms with Crippen molar-refractivity contribution >= 4 is 5.91 Å². The molecule has 104 valence electrons. The van der Waals surface area contributed by atoms with Crippen LogP contribution in [0.25, 0.3) is 0 Å². The summed E-state index contributed by atoms with van der Waals surface area (Å²) < 4.78 is 18.7. The molecule has 0 radical (unpaired) electrons. The van der Waals surface area contributed by atoms with Gasteiger partial charge in [-0.05, 0) is 38.1 Å². The number of nitrogens with one attached hydrogen (secondary N) is 1. The number of amides is 1. The molecule has 0 bridgehead atoms. The molecule has 1 aromatic carbocycles. The van der Waals surface area contributed by atoms with Crippen molar-refractivity contribution in [2.45, 2.75) is 19.4 Å². The second-order valence-electron chi connectivity index (χ2n) is 4.66. The number of halogens is 1. The topological polar surface area (TPSA) is 41.6 Å². The molecular formula is C14H19FN2O2. The molecule has 0 saturated carbocycles. The minimum atomic E-state index is -0.302. The van der Waals surface area contributed by atoms with Gasteiger partial charge in [0, 0.05) is 25.2 Å². The van der Waals surface area contributed by atoms with Gasteiger partial charge in [0.2, 0.25) is 0 Å². The molecule has 19 heavy (non-hydrogen) atoms. The first-order chi connectivity index (χ1) is 9.20. The highest BCUT2D eigenvalue weighted by Gasteiger charge is 2.18. The molecule has 0 aliphatic carbocycles. The van der Waals surface area contributed by atoms with E-state index in [0.717, 1.165) is 31.5 Å². The number of benzene rings is 1. The quantitative estimate of drug-likeness (QED) is 0.879. The van der Waals surface area contributed by atoms with Crippen LogP contribution in [0.5, 0.6) is 5.75 Å². The highest BCUT2D eigenvalue weighted by atomic mass is 19.1. The van der Waals surface area contributed by atoms with Crippen molar-refractivity contribution < 1.29 is 13.9 Å². The van der Waals surface area contributed by atoms with Crippen LogP contribution in [-0.2, 0) is 11.3 Å². The number of carbonyl (C=O) groups excluding carboxylic acids is 1. The number of nitrogens with zero attached hydrogens (tertiary/aromatic N) is 1. The molecule has 1 fully saturated rings. The Labute approximate surface area is 112 Å². The Morgan fingerprint density at radius 3 is 2.84 bits per heavy atom. The summed E-state index contributed by atoms with van der Waals surface area (Å²) in [6.07, 6.45) is 2.13. The van der Waals surface area contributed by atoms with E-state index in [9.17, 15) is 9.18 Å². The van der Waals surface area contributed by atoms with Crippen LogP contribution in [0.4, 0.5) is 4.39 Å². The summed E-state index contributed by atoms with van der Waals surface area (Å²) in [6.45, 7) is 2.15. The molecule has 0 aromatic heterocycles. The first-order valence-electron chi connectivity index (χ1n) is 6.54. The number of hydrogen-bond donors (Lipinski definition) is 1. The van der Waals surface area contributed by atoms with Gasteiger partial charge in [0.1, 0.15) is 11.6 Å². The highest BCUT2D eigenvalue weighted by Crippen LogP contribution is 2.20. The van der Waals surface area contributed by atoms with Crippen LogP contribution < -0.4 is 10.1 Å². The largest absolute Gasteiger partial charge is 0.483 e. The molecular weight excluding hydrogens is 247 g/mol. The van der Waals surface area contributed by atoms with E-state index >= 15 is 0 Å². The lowest BCUT2D eigenvalue weighted by molar-refractivity contribution is -0.132. The fourth-order valence-electron chi connectivity index (χ4n) is 2.21. The van der Waals surface area contributed by atoms with E-state index in [2.05, 4.69) is 5.32 Å². The highest BCUT2D eigenvalue weighted by molar-refractivity contribution is 5.78. The molecule has 1 saturated heterocycles. The minimum Gasteiger partial charge on any atom is -0.483 e. The number of hydrogen-bond acceptors (Lipinski definition) is 3. The second-order valence-corrected chi connectivity index (χ2v) is 4.66. The van der Waals surface area contributed by atoms with Crippen LogP contribution in [-0.4, -0.2) is 37.6 Å². The molecule has 2 rings (SSSR count). The smallest absolute Gasteiger partial charge is 0.260 e. The summed E-state index contributed by atoms with van der Waals surface area (Å²) >= 11 is 0. The Bertz CT molecular complexity index is 445. The second kappa shape index (κ2) is 6.52. The maximum absolute atomic E-state index is 13.2. The van der Waals surface area contributed by atoms with Gasteiger partial charge in [-0.1, -0.05) is 0 Å². The van der Waals surface area contributed by atoms with Crippen molar-refractivity contribution in [2.75, 3.05) is 26.7 Å². The Balaban J connectivity index is 1.96. The van der Waals surface area contributed by atoms with Crippen molar-refractivity contribution in [1.29, 1.82) is 0 Å². The van der Waals surface area contributed by atoms with Gasteiger partial charge in [-0.3, -0.25) is 4.79 Å². The van der Waals surface area contributed by atoms with Gasteiger partial charge in [-0.25, -0.2) is 4.39 Å². The average molecular weight is 266 g/mol. The molecule has 0 spiro atoms. The van der Waals surface area contributed by atoms with Crippen LogP contribution in [0.2, 0.25) is 0 Å². The van der Waals surface area contributed by atoms with Gasteiger partial charge in [0.15, 0.2) is 6.61 Å². The van der Waals surface area contributed by atoms with Crippen molar-refractivity contribution in [1.82, 2.24) is 10.2 Å². The lowest BCUT2D eigenvalue weighted by Crippen LogP contribution is -2.32. The maximum Gasteiger partial charge on any atom is 0.260 e. The summed E-state index contributed by atoms with van der Waals surface area (Å²) in [5.41, 5.74) is 0.719. The van der Waals surface area contributed by atoms with E-state index < -0.39 is 0 Å². The lowest BCUT2D eigenvalue weighted by atomic mass is 10.2. The number of ether oxygens (including phenoxy) is 1. The van der Waals surface area contributed by atoms with Gasteiger partial charge >= 0.3 is 0 Å². The fourth-order valence-corrected chi connectivity index (χ4v) is 2.21. The lowest BCUT2D eigenvalue weighted by Gasteiger charge is -2.16. The molecule has 1 aromatic rings. The van der Waals surface area contributed by atoms with E-state index in [0.29, 0.717) is 12.3 Å². The third kappa shape index (κ3) is 3.67. The summed E-state index contributed by atoms with van der Waals surface area (Å²) in [5.74, 6) is 0.254. The number of carbonyl (C=O) groups is 1. The zero-order valence-electron chi connectivity index (χ0n) is 11.1. The zero-order chi connectivity index (χ0) is 13.7. The van der Waals surface area contributed by atoms with Crippen LogP contribution in [0.3, 0.4) is 0 Å². The third-order valence-electron chi connectivity index (χ3n) is 3.20. The molecule has 4 nitrogen and oxygen atoms in total. The molecule has 1 heterocycles. The van der Waals surface area contributed by atoms with Crippen LogP contribution in [0, 0.1) is 5.82 Å². The summed E-state index contributed by atoms with van der Waals surface area (Å²) in [4.78, 5) is 13.7. The molecule has 5 heteroatoms. The fraction of sp³-hybridized carbons (Fsp3) is 0.500. The van der Waals surface area contributed by atoms with E-state index in [1.807, 2.05) is 0 Å². The Morgan fingerprint density at radius 1 is 1.42 bits per heavy atom. The van der Waals surface area contributed by atoms with Gasteiger partial charge < -0.3 is 15.0 Å². The summed E-state index contributed by atoms with van der Waals surface area (Å²) in [6, 6.07) is 4.33. The molecule has 1 aliphatic heterocycles. The minimum absolute atomic E-state index is 0.00256. The summed E-state index contributed by atoms with van der Waals surface area (Å²) in [5, 5.41) is 2.95. The Kier molecular flexibility index (Phi) is 4.74. The molecule has 0 atom stereocenters. The van der Waals surface area contributed by atoms with E-state index in [4.69, 9.17) is 4.74 Å². The van der Waals surface area contributed by atoms with Crippen molar-refractivity contribution in [2.24, 2.45) is 0 Å². The monoisotopic (exact) mass is 266 g/mol. The van der Waals surface area contributed by atoms with E-state index in [-0.39, 0.29) is 18.3 Å². The SMILES string of the molecule is CNCc1cc(F)ccc1OCC(=O)N1CCCC1. The number of rotatable bonds is 5. The molecule has 0 unspecified atom stereocenters. The normalized spacial score (nSPS) is 14.7. The Morgan fingerprint density at radius 2 is 2.16 bits per heavy atom. The third-order valence-corrected chi connectivity index (χ3v) is 3.20. The average Bonchev–Trinajstić information content (AvgIpc) is 2.92. The van der Waals surface area contributed by atoms with Gasteiger partial charge in [0.05, 0.1) is 0 Å². The van der Waals surface area contributed by atoms with Gasteiger partial charge in [-0.2, -0.15) is 0 Å². The van der Waals surface area contributed by atoms with Crippen molar-refractivity contribution in [3.8, 4) is 5.75 Å². The van der Waals surface area contributed by atoms with Gasteiger partial charge in [0.25, 0.3) is 5.91 Å². The molecule has 1 amide bonds. The maximum atomic E-state index is 13.2. The van der Waals surface area contributed by atoms with E-state index in [1.165, 1.54) is 12.1 Å². The summed E-state index contributed by atoms with van der Waals surface area (Å²) in [7, 11) is 1.78. The predicted octanol–water partition coefficient (Wildman–Crippen LogP) is 1.55. The zero-order valence-corrected chi connectivity index (χ0v) is 11.1. The predicted molar refractivity (Wildman–Crippen MR) is 70.5 cm³/mol. The van der Waals surface area contributed by atoms with Gasteiger partial charge in [-0.15, -0.1) is 0 Å². The Hall–Kier alpha value is -1.62.